The van der Waals surface area contributed by atoms with E-state index in [9.17, 15) is 4.39 Å². The smallest absolute Gasteiger partial charge is 0.165 e. The van der Waals surface area contributed by atoms with Crippen LogP contribution in [0, 0.1) is 5.82 Å². The normalized spacial score (nSPS) is 12.3. The van der Waals surface area contributed by atoms with Crippen molar-refractivity contribution in [1.29, 1.82) is 0 Å². The maximum absolute atomic E-state index is 13.7. The van der Waals surface area contributed by atoms with Crippen LogP contribution in [0.5, 0.6) is 5.75 Å². The SMILES string of the molecule is CCCNC(Cc1ccc(OC)c(F)c1)c1cnsn1. The molecule has 1 unspecified atom stereocenters. The maximum atomic E-state index is 13.7. The molecule has 1 aromatic carbocycles. The number of nitrogens with one attached hydrogen (secondary N) is 1. The number of aromatic nitrogens is 2. The first-order valence-electron chi connectivity index (χ1n) is 6.57. The average Bonchev–Trinajstić information content (AvgIpc) is 2.97. The summed E-state index contributed by atoms with van der Waals surface area (Å²) in [6, 6.07) is 5.10. The largest absolute Gasteiger partial charge is 0.494 e. The first kappa shape index (κ1) is 14.9. The van der Waals surface area contributed by atoms with E-state index in [1.54, 1.807) is 12.3 Å². The lowest BCUT2D eigenvalue weighted by molar-refractivity contribution is 0.386. The van der Waals surface area contributed by atoms with Crippen molar-refractivity contribution in [1.82, 2.24) is 14.1 Å². The lowest BCUT2D eigenvalue weighted by Crippen LogP contribution is -2.24. The van der Waals surface area contributed by atoms with Gasteiger partial charge in [0, 0.05) is 0 Å². The summed E-state index contributed by atoms with van der Waals surface area (Å²) in [6.07, 6.45) is 3.47. The van der Waals surface area contributed by atoms with E-state index in [4.69, 9.17) is 4.74 Å². The predicted octanol–water partition coefficient (Wildman–Crippen LogP) is 2.97. The number of ether oxygens (including phenoxy) is 1. The fourth-order valence-corrected chi connectivity index (χ4v) is 2.47. The molecule has 108 valence electrons. The van der Waals surface area contributed by atoms with Crippen molar-refractivity contribution < 1.29 is 9.13 Å². The minimum atomic E-state index is -0.337. The van der Waals surface area contributed by atoms with Crippen LogP contribution in [0.4, 0.5) is 4.39 Å². The van der Waals surface area contributed by atoms with Crippen LogP contribution >= 0.6 is 11.7 Å². The summed E-state index contributed by atoms with van der Waals surface area (Å²) in [5.74, 6) is -0.0715. The van der Waals surface area contributed by atoms with Crippen LogP contribution in [-0.2, 0) is 6.42 Å². The Bertz CT molecular complexity index is 533. The molecule has 2 aromatic rings. The summed E-state index contributed by atoms with van der Waals surface area (Å²) < 4.78 is 27.0. The summed E-state index contributed by atoms with van der Waals surface area (Å²) >= 11 is 1.19. The molecule has 0 aliphatic carbocycles. The molecular formula is C14H18FN3OS. The fraction of sp³-hybridized carbons (Fsp3) is 0.429. The highest BCUT2D eigenvalue weighted by Crippen LogP contribution is 2.22. The molecule has 0 saturated carbocycles. The molecule has 0 aliphatic heterocycles. The number of hydrogen-bond donors (Lipinski definition) is 1. The number of hydrogen-bond acceptors (Lipinski definition) is 5. The summed E-state index contributed by atoms with van der Waals surface area (Å²) in [5, 5.41) is 3.42. The fourth-order valence-electron chi connectivity index (χ4n) is 2.00. The van der Waals surface area contributed by atoms with Gasteiger partial charge in [0.25, 0.3) is 0 Å². The highest BCUT2D eigenvalue weighted by Gasteiger charge is 2.15. The highest BCUT2D eigenvalue weighted by atomic mass is 32.1. The third-order valence-corrected chi connectivity index (χ3v) is 3.52. The van der Waals surface area contributed by atoms with Gasteiger partial charge in [0.05, 0.1) is 36.8 Å². The van der Waals surface area contributed by atoms with Gasteiger partial charge in [-0.05, 0) is 37.1 Å². The third kappa shape index (κ3) is 3.74. The number of halogens is 1. The quantitative estimate of drug-likeness (QED) is 0.853. The van der Waals surface area contributed by atoms with E-state index in [2.05, 4.69) is 21.0 Å². The monoisotopic (exact) mass is 295 g/mol. The van der Waals surface area contributed by atoms with Gasteiger partial charge in [0.1, 0.15) is 0 Å². The molecule has 20 heavy (non-hydrogen) atoms. The zero-order valence-electron chi connectivity index (χ0n) is 11.6. The molecule has 1 aromatic heterocycles. The van der Waals surface area contributed by atoms with Gasteiger partial charge in [-0.15, -0.1) is 0 Å². The molecule has 0 saturated heterocycles. The van der Waals surface area contributed by atoms with E-state index in [0.717, 1.165) is 24.2 Å². The molecular weight excluding hydrogens is 277 g/mol. The van der Waals surface area contributed by atoms with Gasteiger partial charge in [-0.25, -0.2) is 4.39 Å². The van der Waals surface area contributed by atoms with Crippen molar-refractivity contribution in [3.05, 3.63) is 41.5 Å². The zero-order valence-corrected chi connectivity index (χ0v) is 12.4. The Morgan fingerprint density at radius 2 is 2.30 bits per heavy atom. The van der Waals surface area contributed by atoms with Crippen LogP contribution in [0.25, 0.3) is 0 Å². The second-order valence-corrected chi connectivity index (χ2v) is 5.07. The number of benzene rings is 1. The predicted molar refractivity (Wildman–Crippen MR) is 77.6 cm³/mol. The van der Waals surface area contributed by atoms with Gasteiger partial charge in [0.15, 0.2) is 11.6 Å². The zero-order chi connectivity index (χ0) is 14.4. The Hall–Kier alpha value is -1.53. The molecule has 0 aliphatic rings. The van der Waals surface area contributed by atoms with Crippen molar-refractivity contribution in [3.63, 3.8) is 0 Å². The Morgan fingerprint density at radius 3 is 2.90 bits per heavy atom. The lowest BCUT2D eigenvalue weighted by Gasteiger charge is -2.16. The molecule has 0 bridgehead atoms. The molecule has 2 rings (SSSR count). The average molecular weight is 295 g/mol. The maximum Gasteiger partial charge on any atom is 0.165 e. The third-order valence-electron chi connectivity index (χ3n) is 3.03. The van der Waals surface area contributed by atoms with Gasteiger partial charge < -0.3 is 10.1 Å². The first-order valence-corrected chi connectivity index (χ1v) is 7.31. The second-order valence-electron chi connectivity index (χ2n) is 4.51. The van der Waals surface area contributed by atoms with Crippen molar-refractivity contribution in [2.24, 2.45) is 0 Å². The Balaban J connectivity index is 2.13. The van der Waals surface area contributed by atoms with E-state index in [1.165, 1.54) is 24.9 Å². The Morgan fingerprint density at radius 1 is 1.45 bits per heavy atom. The number of methoxy groups -OCH3 is 1. The second kappa shape index (κ2) is 7.31. The van der Waals surface area contributed by atoms with Crippen LogP contribution in [0.15, 0.2) is 24.4 Å². The van der Waals surface area contributed by atoms with Gasteiger partial charge in [-0.1, -0.05) is 13.0 Å². The molecule has 1 atom stereocenters. The van der Waals surface area contributed by atoms with Crippen molar-refractivity contribution >= 4 is 11.7 Å². The minimum absolute atomic E-state index is 0.0569. The lowest BCUT2D eigenvalue weighted by atomic mass is 10.0. The highest BCUT2D eigenvalue weighted by molar-refractivity contribution is 6.99. The van der Waals surface area contributed by atoms with Crippen LogP contribution in [0.3, 0.4) is 0 Å². The van der Waals surface area contributed by atoms with Gasteiger partial charge >= 0.3 is 0 Å². The Labute approximate surface area is 122 Å². The van der Waals surface area contributed by atoms with Gasteiger partial charge in [-0.3, -0.25) is 0 Å². The van der Waals surface area contributed by atoms with Gasteiger partial charge in [0.2, 0.25) is 0 Å². The first-order chi connectivity index (χ1) is 9.74. The topological polar surface area (TPSA) is 47.0 Å². The van der Waals surface area contributed by atoms with E-state index in [1.807, 2.05) is 6.07 Å². The van der Waals surface area contributed by atoms with Gasteiger partial charge in [-0.2, -0.15) is 8.75 Å². The number of rotatable bonds is 7. The van der Waals surface area contributed by atoms with E-state index < -0.39 is 0 Å². The summed E-state index contributed by atoms with van der Waals surface area (Å²) in [5.41, 5.74) is 1.81. The van der Waals surface area contributed by atoms with Crippen LogP contribution in [0.2, 0.25) is 0 Å². The molecule has 0 fully saturated rings. The summed E-state index contributed by atoms with van der Waals surface area (Å²) in [7, 11) is 1.46. The van der Waals surface area contributed by atoms with Crippen molar-refractivity contribution in [3.8, 4) is 5.75 Å². The van der Waals surface area contributed by atoms with E-state index >= 15 is 0 Å². The van der Waals surface area contributed by atoms with E-state index in [-0.39, 0.29) is 17.6 Å². The van der Waals surface area contributed by atoms with Crippen LogP contribution in [0.1, 0.15) is 30.6 Å². The standard InChI is InChI=1S/C14H18FN3OS/c1-3-6-16-12(13-9-17-20-18-13)8-10-4-5-14(19-2)11(15)7-10/h4-5,7,9,12,16H,3,6,8H2,1-2H3. The molecule has 1 heterocycles. The summed E-state index contributed by atoms with van der Waals surface area (Å²) in [6.45, 7) is 3.00. The number of nitrogens with zero attached hydrogens (tertiary/aromatic N) is 2. The minimum Gasteiger partial charge on any atom is -0.494 e. The molecule has 0 spiro atoms. The molecule has 1 N–H and O–H groups in total. The Kier molecular flexibility index (Phi) is 5.43. The van der Waals surface area contributed by atoms with E-state index in [0.29, 0.717) is 6.42 Å². The molecule has 4 nitrogen and oxygen atoms in total. The van der Waals surface area contributed by atoms with Crippen molar-refractivity contribution in [2.45, 2.75) is 25.8 Å². The molecule has 0 amide bonds. The van der Waals surface area contributed by atoms with Crippen LogP contribution < -0.4 is 10.1 Å². The molecule has 0 radical (unpaired) electrons. The van der Waals surface area contributed by atoms with Crippen molar-refractivity contribution in [2.75, 3.05) is 13.7 Å². The van der Waals surface area contributed by atoms with Crippen LogP contribution in [-0.4, -0.2) is 22.4 Å². The summed E-state index contributed by atoms with van der Waals surface area (Å²) in [4.78, 5) is 0. The molecule has 6 heteroatoms.